The molecular weight excluding hydrogens is 609 g/mol. The Morgan fingerprint density at radius 2 is 0.460 bits per heavy atom. The van der Waals surface area contributed by atoms with Crippen molar-refractivity contribution in [1.82, 2.24) is 0 Å². The van der Waals surface area contributed by atoms with Gasteiger partial charge in [0, 0.05) is 21.5 Å². The van der Waals surface area contributed by atoms with E-state index in [0.717, 1.165) is 66.1 Å². The zero-order valence-corrected chi connectivity index (χ0v) is 27.1. The maximum absolute atomic E-state index is 6.32. The molecule has 0 aliphatic heterocycles. The molecule has 0 aliphatic rings. The average molecular weight is 639 g/mol. The van der Waals surface area contributed by atoms with E-state index in [1.54, 1.807) is 0 Å². The van der Waals surface area contributed by atoms with E-state index in [-0.39, 0.29) is 0 Å². The molecule has 0 saturated carbocycles. The molecule has 0 atom stereocenters. The van der Waals surface area contributed by atoms with Gasteiger partial charge in [0.2, 0.25) is 0 Å². The SMILES string of the molecule is c1ccc(-c2cc(-c3ccc4oc5ccc(-c6ccccc6)cc5c4c3)cc(-c3ccc4oc5ccc(-c6ccccc6)cc5c4c3)c2)cc1. The predicted molar refractivity (Wildman–Crippen MR) is 208 cm³/mol. The molecule has 0 bridgehead atoms. The Hall–Kier alpha value is -6.64. The van der Waals surface area contributed by atoms with Gasteiger partial charge in [0.15, 0.2) is 0 Å². The van der Waals surface area contributed by atoms with E-state index in [0.29, 0.717) is 0 Å². The molecule has 234 valence electrons. The van der Waals surface area contributed by atoms with Gasteiger partial charge in [-0.2, -0.15) is 0 Å². The molecule has 0 fully saturated rings. The highest BCUT2D eigenvalue weighted by atomic mass is 16.3. The quantitative estimate of drug-likeness (QED) is 0.187. The van der Waals surface area contributed by atoms with Gasteiger partial charge in [-0.3, -0.25) is 0 Å². The van der Waals surface area contributed by atoms with E-state index in [1.807, 2.05) is 0 Å². The second-order valence-corrected chi connectivity index (χ2v) is 12.9. The Kier molecular flexibility index (Phi) is 6.53. The Morgan fingerprint density at radius 3 is 0.780 bits per heavy atom. The van der Waals surface area contributed by atoms with Gasteiger partial charge in [-0.15, -0.1) is 0 Å². The summed E-state index contributed by atoms with van der Waals surface area (Å²) in [5.41, 5.74) is 15.3. The van der Waals surface area contributed by atoms with Gasteiger partial charge in [0.05, 0.1) is 0 Å². The van der Waals surface area contributed by atoms with E-state index in [1.165, 1.54) is 33.4 Å². The van der Waals surface area contributed by atoms with E-state index in [2.05, 4.69) is 182 Å². The molecule has 0 radical (unpaired) electrons. The largest absolute Gasteiger partial charge is 0.456 e. The van der Waals surface area contributed by atoms with Crippen LogP contribution in [0.3, 0.4) is 0 Å². The summed E-state index contributed by atoms with van der Waals surface area (Å²) in [5, 5.41) is 4.47. The summed E-state index contributed by atoms with van der Waals surface area (Å²) >= 11 is 0. The molecule has 8 aromatic carbocycles. The van der Waals surface area contributed by atoms with Crippen molar-refractivity contribution in [2.45, 2.75) is 0 Å². The van der Waals surface area contributed by atoms with E-state index in [4.69, 9.17) is 8.83 Å². The van der Waals surface area contributed by atoms with Crippen molar-refractivity contribution in [2.24, 2.45) is 0 Å². The van der Waals surface area contributed by atoms with Crippen molar-refractivity contribution < 1.29 is 8.83 Å². The standard InChI is InChI=1S/C48H30O2/c1-4-10-31(11-5-1)34-16-20-45-41(27-34)43-29-36(18-22-47(43)49-45)39-24-38(33-14-8-3-9-15-33)25-40(26-39)37-19-23-48-44(30-37)42-28-35(17-21-46(42)50-48)32-12-6-2-7-13-32/h1-30H. The summed E-state index contributed by atoms with van der Waals surface area (Å²) < 4.78 is 12.6. The maximum Gasteiger partial charge on any atom is 0.135 e. The highest BCUT2D eigenvalue weighted by Gasteiger charge is 2.15. The van der Waals surface area contributed by atoms with Crippen molar-refractivity contribution in [3.8, 4) is 55.6 Å². The van der Waals surface area contributed by atoms with Gasteiger partial charge in [0.25, 0.3) is 0 Å². The first kappa shape index (κ1) is 28.4. The molecule has 2 nitrogen and oxygen atoms in total. The van der Waals surface area contributed by atoms with Gasteiger partial charge >= 0.3 is 0 Å². The number of benzene rings is 8. The number of rotatable bonds is 5. The molecule has 10 rings (SSSR count). The van der Waals surface area contributed by atoms with Gasteiger partial charge < -0.3 is 8.83 Å². The number of hydrogen-bond donors (Lipinski definition) is 0. The van der Waals surface area contributed by atoms with Crippen molar-refractivity contribution in [3.63, 3.8) is 0 Å². The molecule has 0 saturated heterocycles. The van der Waals surface area contributed by atoms with Crippen molar-refractivity contribution in [2.75, 3.05) is 0 Å². The smallest absolute Gasteiger partial charge is 0.135 e. The van der Waals surface area contributed by atoms with Gasteiger partial charge in [-0.05, 0) is 122 Å². The summed E-state index contributed by atoms with van der Waals surface area (Å²) in [6.45, 7) is 0. The molecule has 0 N–H and O–H groups in total. The van der Waals surface area contributed by atoms with Crippen LogP contribution in [0.25, 0.3) is 99.5 Å². The van der Waals surface area contributed by atoms with Gasteiger partial charge in [-0.1, -0.05) is 115 Å². The lowest BCUT2D eigenvalue weighted by Gasteiger charge is -2.12. The monoisotopic (exact) mass is 638 g/mol. The van der Waals surface area contributed by atoms with Crippen LogP contribution in [0.2, 0.25) is 0 Å². The zero-order valence-electron chi connectivity index (χ0n) is 27.1. The van der Waals surface area contributed by atoms with Crippen LogP contribution in [-0.2, 0) is 0 Å². The van der Waals surface area contributed by atoms with Crippen molar-refractivity contribution in [3.05, 3.63) is 182 Å². The van der Waals surface area contributed by atoms with E-state index < -0.39 is 0 Å². The molecule has 0 unspecified atom stereocenters. The average Bonchev–Trinajstić information content (AvgIpc) is 3.75. The summed E-state index contributed by atoms with van der Waals surface area (Å²) in [6, 6.07) is 64.6. The number of furan rings is 2. The molecule has 0 spiro atoms. The molecule has 0 amide bonds. The zero-order chi connectivity index (χ0) is 33.0. The van der Waals surface area contributed by atoms with Crippen molar-refractivity contribution in [1.29, 1.82) is 0 Å². The highest BCUT2D eigenvalue weighted by Crippen LogP contribution is 2.40. The third-order valence-corrected chi connectivity index (χ3v) is 9.86. The fourth-order valence-electron chi connectivity index (χ4n) is 7.29. The Labute approximate surface area is 289 Å². The third kappa shape index (κ3) is 4.89. The van der Waals surface area contributed by atoms with Crippen LogP contribution in [-0.4, -0.2) is 0 Å². The Morgan fingerprint density at radius 1 is 0.200 bits per heavy atom. The Bertz CT molecular complexity index is 2670. The van der Waals surface area contributed by atoms with E-state index in [9.17, 15) is 0 Å². The molecule has 0 aliphatic carbocycles. The van der Waals surface area contributed by atoms with Gasteiger partial charge in [0.1, 0.15) is 22.3 Å². The first-order valence-corrected chi connectivity index (χ1v) is 17.0. The van der Waals surface area contributed by atoms with Crippen LogP contribution in [0.4, 0.5) is 0 Å². The predicted octanol–water partition coefficient (Wildman–Crippen LogP) is 13.8. The molecule has 10 aromatic rings. The molecule has 2 heteroatoms. The lowest BCUT2D eigenvalue weighted by molar-refractivity contribution is 0.668. The lowest BCUT2D eigenvalue weighted by atomic mass is 9.92. The Balaban J connectivity index is 1.13. The van der Waals surface area contributed by atoms with Crippen LogP contribution >= 0.6 is 0 Å². The first-order valence-electron chi connectivity index (χ1n) is 17.0. The van der Waals surface area contributed by atoms with Crippen LogP contribution < -0.4 is 0 Å². The topological polar surface area (TPSA) is 26.3 Å². The maximum atomic E-state index is 6.32. The fourth-order valence-corrected chi connectivity index (χ4v) is 7.29. The molecule has 2 heterocycles. The highest BCUT2D eigenvalue weighted by molar-refractivity contribution is 6.09. The number of fused-ring (bicyclic) bond motifs is 6. The van der Waals surface area contributed by atoms with Crippen LogP contribution in [0.15, 0.2) is 191 Å². The molecule has 2 aromatic heterocycles. The fraction of sp³-hybridized carbons (Fsp3) is 0. The third-order valence-electron chi connectivity index (χ3n) is 9.86. The summed E-state index contributed by atoms with van der Waals surface area (Å²) in [4.78, 5) is 0. The lowest BCUT2D eigenvalue weighted by Crippen LogP contribution is -1.86. The minimum absolute atomic E-state index is 0.889. The number of hydrogen-bond acceptors (Lipinski definition) is 2. The normalized spacial score (nSPS) is 11.6. The van der Waals surface area contributed by atoms with Crippen LogP contribution in [0, 0.1) is 0 Å². The minimum atomic E-state index is 0.889. The minimum Gasteiger partial charge on any atom is -0.456 e. The second kappa shape index (κ2) is 11.5. The summed E-state index contributed by atoms with van der Waals surface area (Å²) in [6.07, 6.45) is 0. The first-order chi connectivity index (χ1) is 24.7. The van der Waals surface area contributed by atoms with Crippen LogP contribution in [0.5, 0.6) is 0 Å². The molecule has 50 heavy (non-hydrogen) atoms. The molecular formula is C48H30O2. The van der Waals surface area contributed by atoms with Crippen LogP contribution in [0.1, 0.15) is 0 Å². The summed E-state index contributed by atoms with van der Waals surface area (Å²) in [5.74, 6) is 0. The van der Waals surface area contributed by atoms with Gasteiger partial charge in [-0.25, -0.2) is 0 Å². The van der Waals surface area contributed by atoms with Crippen molar-refractivity contribution >= 4 is 43.9 Å². The van der Waals surface area contributed by atoms with E-state index >= 15 is 0 Å². The second-order valence-electron chi connectivity index (χ2n) is 12.9. The summed E-state index contributed by atoms with van der Waals surface area (Å²) in [7, 11) is 0.